The van der Waals surface area contributed by atoms with Crippen LogP contribution in [0.4, 0.5) is 0 Å². The van der Waals surface area contributed by atoms with Crippen molar-refractivity contribution in [2.45, 2.75) is 0 Å². The third-order valence-corrected chi connectivity index (χ3v) is 0. The monoisotopic (exact) mass is 72.1 g/mol. The number of rotatable bonds is 0. The SMILES string of the molecule is C=C=C.NN. The summed E-state index contributed by atoms with van der Waals surface area (Å²) in [4.78, 5) is 0. The number of hydrazine groups is 1. The van der Waals surface area contributed by atoms with Crippen molar-refractivity contribution in [1.29, 1.82) is 0 Å². The minimum absolute atomic E-state index is 2.25. The molecule has 0 saturated heterocycles. The van der Waals surface area contributed by atoms with Gasteiger partial charge in [0.25, 0.3) is 0 Å². The van der Waals surface area contributed by atoms with Crippen LogP contribution < -0.4 is 11.7 Å². The summed E-state index contributed by atoms with van der Waals surface area (Å²) in [6.07, 6.45) is 0. The number of hydrogen-bond acceptors (Lipinski definition) is 2. The maximum Gasteiger partial charge on any atom is -0.0572 e. The molecule has 0 aromatic heterocycles. The van der Waals surface area contributed by atoms with Crippen LogP contribution in [-0.4, -0.2) is 0 Å². The van der Waals surface area contributed by atoms with E-state index in [1.165, 1.54) is 0 Å². The molecule has 0 bridgehead atoms. The van der Waals surface area contributed by atoms with Gasteiger partial charge < -0.3 is 0 Å². The van der Waals surface area contributed by atoms with Crippen molar-refractivity contribution >= 4 is 0 Å². The van der Waals surface area contributed by atoms with E-state index in [9.17, 15) is 0 Å². The van der Waals surface area contributed by atoms with E-state index in [1.54, 1.807) is 0 Å². The van der Waals surface area contributed by atoms with Gasteiger partial charge in [0.2, 0.25) is 0 Å². The number of hydrogen-bond donors (Lipinski definition) is 2. The van der Waals surface area contributed by atoms with Crippen molar-refractivity contribution in [2.75, 3.05) is 0 Å². The Hall–Kier alpha value is -0.560. The van der Waals surface area contributed by atoms with E-state index in [0.29, 0.717) is 0 Å². The Morgan fingerprint density at radius 1 is 1.20 bits per heavy atom. The molecule has 0 aliphatic rings. The smallest absolute Gasteiger partial charge is 0.0572 e. The van der Waals surface area contributed by atoms with Gasteiger partial charge in [-0.1, -0.05) is 13.2 Å². The lowest BCUT2D eigenvalue weighted by atomic mass is 11.0. The molecular formula is C3H8N2. The molecule has 0 heterocycles. The van der Waals surface area contributed by atoms with Crippen LogP contribution in [0.1, 0.15) is 0 Å². The lowest BCUT2D eigenvalue weighted by Crippen LogP contribution is -2.02. The molecule has 0 amide bonds. The molecular weight excluding hydrogens is 64.0 g/mol. The second kappa shape index (κ2) is 106. The highest BCUT2D eigenvalue weighted by molar-refractivity contribution is 4.51. The van der Waals surface area contributed by atoms with Crippen molar-refractivity contribution in [3.63, 3.8) is 0 Å². The fraction of sp³-hybridized carbons (Fsp3) is 0. The summed E-state index contributed by atoms with van der Waals surface area (Å²) in [5.41, 5.74) is 2.25. The highest BCUT2D eigenvalue weighted by Crippen LogP contribution is 1.16. The van der Waals surface area contributed by atoms with Gasteiger partial charge in [-0.15, -0.1) is 5.73 Å². The third kappa shape index (κ3) is 22.7. The fourth-order valence-corrected chi connectivity index (χ4v) is 0. The van der Waals surface area contributed by atoms with E-state index < -0.39 is 0 Å². The van der Waals surface area contributed by atoms with Gasteiger partial charge in [-0.3, -0.25) is 11.7 Å². The summed E-state index contributed by atoms with van der Waals surface area (Å²) in [5.74, 6) is 8.00. The fourth-order valence-electron chi connectivity index (χ4n) is 0. The van der Waals surface area contributed by atoms with Gasteiger partial charge in [0.05, 0.1) is 0 Å². The molecule has 0 aliphatic carbocycles. The van der Waals surface area contributed by atoms with Crippen LogP contribution in [0.3, 0.4) is 0 Å². The molecule has 0 fully saturated rings. The summed E-state index contributed by atoms with van der Waals surface area (Å²) in [6, 6.07) is 0. The first-order chi connectivity index (χ1) is 2.41. The van der Waals surface area contributed by atoms with Gasteiger partial charge in [0, 0.05) is 0 Å². The summed E-state index contributed by atoms with van der Waals surface area (Å²) in [7, 11) is 0. The topological polar surface area (TPSA) is 52.0 Å². The lowest BCUT2D eigenvalue weighted by molar-refractivity contribution is 1.26. The van der Waals surface area contributed by atoms with Crippen molar-refractivity contribution in [2.24, 2.45) is 11.7 Å². The standard InChI is InChI=1S/C3H4.H4N2/c1-3-2;1-2/h1-2H2;1-2H2. The Balaban J connectivity index is 0. The molecule has 0 radical (unpaired) electrons. The molecule has 0 spiro atoms. The van der Waals surface area contributed by atoms with Crippen LogP contribution in [0.2, 0.25) is 0 Å². The van der Waals surface area contributed by atoms with Crippen molar-refractivity contribution in [3.05, 3.63) is 18.9 Å². The molecule has 2 heteroatoms. The molecule has 0 saturated carbocycles. The largest absolute Gasteiger partial charge is 0.274 e. The lowest BCUT2D eigenvalue weighted by Gasteiger charge is -1.27. The molecule has 0 aliphatic heterocycles. The van der Waals surface area contributed by atoms with E-state index in [0.717, 1.165) is 0 Å². The summed E-state index contributed by atoms with van der Waals surface area (Å²) < 4.78 is 0. The molecule has 0 aromatic carbocycles. The van der Waals surface area contributed by atoms with Gasteiger partial charge in [-0.25, -0.2) is 0 Å². The highest BCUT2D eigenvalue weighted by Gasteiger charge is 0.904. The second-order valence-corrected chi connectivity index (χ2v) is 0.250. The van der Waals surface area contributed by atoms with Crippen LogP contribution in [0.25, 0.3) is 0 Å². The maximum atomic E-state index is 4.00. The molecule has 30 valence electrons. The Bertz CT molecular complexity index is 25.9. The Morgan fingerprint density at radius 3 is 1.20 bits per heavy atom. The predicted octanol–water partition coefficient (Wildman–Crippen LogP) is -0.224. The molecule has 2 nitrogen and oxygen atoms in total. The zero-order valence-corrected chi connectivity index (χ0v) is 3.07. The minimum atomic E-state index is 2.25. The van der Waals surface area contributed by atoms with Gasteiger partial charge in [0.15, 0.2) is 0 Å². The van der Waals surface area contributed by atoms with Gasteiger partial charge in [-0.05, 0) is 0 Å². The van der Waals surface area contributed by atoms with Crippen LogP contribution >= 0.6 is 0 Å². The average Bonchev–Trinajstić information content (AvgIpc) is 1.46. The maximum absolute atomic E-state index is 4.00. The number of nitrogens with two attached hydrogens (primary N) is 2. The average molecular weight is 72.1 g/mol. The molecule has 0 rings (SSSR count). The third-order valence-electron chi connectivity index (χ3n) is 0. The second-order valence-electron chi connectivity index (χ2n) is 0.250. The van der Waals surface area contributed by atoms with Gasteiger partial charge in [0.1, 0.15) is 0 Å². The van der Waals surface area contributed by atoms with E-state index in [4.69, 9.17) is 0 Å². The normalized spacial score (nSPS) is 2.80. The molecule has 0 unspecified atom stereocenters. The first-order valence-corrected chi connectivity index (χ1v) is 1.04. The van der Waals surface area contributed by atoms with Gasteiger partial charge >= 0.3 is 0 Å². The molecule has 5 heavy (non-hydrogen) atoms. The first kappa shape index (κ1) is 8.83. The first-order valence-electron chi connectivity index (χ1n) is 1.04. The van der Waals surface area contributed by atoms with E-state index in [-0.39, 0.29) is 0 Å². The predicted molar refractivity (Wildman–Crippen MR) is 23.1 cm³/mol. The van der Waals surface area contributed by atoms with Crippen LogP contribution in [0.5, 0.6) is 0 Å². The Labute approximate surface area is 31.7 Å². The summed E-state index contributed by atoms with van der Waals surface area (Å²) in [6.45, 7) is 6.25. The van der Waals surface area contributed by atoms with Crippen molar-refractivity contribution < 1.29 is 0 Å². The highest BCUT2D eigenvalue weighted by atomic mass is 15.0. The van der Waals surface area contributed by atoms with Crippen molar-refractivity contribution in [1.82, 2.24) is 0 Å². The van der Waals surface area contributed by atoms with Crippen molar-refractivity contribution in [3.8, 4) is 0 Å². The molecule has 0 aromatic rings. The summed E-state index contributed by atoms with van der Waals surface area (Å²) in [5, 5.41) is 0. The molecule has 0 atom stereocenters. The minimum Gasteiger partial charge on any atom is -0.274 e. The quantitative estimate of drug-likeness (QED) is 0.236. The zero-order valence-electron chi connectivity index (χ0n) is 3.07. The van der Waals surface area contributed by atoms with Crippen LogP contribution in [0, 0.1) is 0 Å². The van der Waals surface area contributed by atoms with Crippen LogP contribution in [-0.2, 0) is 0 Å². The Morgan fingerprint density at radius 2 is 1.20 bits per heavy atom. The van der Waals surface area contributed by atoms with E-state index in [2.05, 4.69) is 30.6 Å². The summed E-state index contributed by atoms with van der Waals surface area (Å²) >= 11 is 0. The van der Waals surface area contributed by atoms with E-state index >= 15 is 0 Å². The van der Waals surface area contributed by atoms with Crippen LogP contribution in [0.15, 0.2) is 18.9 Å². The van der Waals surface area contributed by atoms with E-state index in [1.807, 2.05) is 0 Å². The zero-order chi connectivity index (χ0) is 4.71. The Kier molecular flexibility index (Phi) is 187. The molecule has 4 N–H and O–H groups in total. The van der Waals surface area contributed by atoms with Gasteiger partial charge in [-0.2, -0.15) is 0 Å².